The highest BCUT2D eigenvalue weighted by Crippen LogP contribution is 2.35. The van der Waals surface area contributed by atoms with Gasteiger partial charge in [0.2, 0.25) is 0 Å². The maximum atomic E-state index is 10.9. The molecule has 0 aromatic heterocycles. The van der Waals surface area contributed by atoms with Crippen molar-refractivity contribution in [2.24, 2.45) is 0 Å². The fraction of sp³-hybridized carbons (Fsp3) is 0.294. The number of aryl methyl sites for hydroxylation is 1. The molecule has 3 rings (SSSR count). The highest BCUT2D eigenvalue weighted by Gasteiger charge is 2.35. The van der Waals surface area contributed by atoms with E-state index in [1.54, 1.807) is 0 Å². The first-order valence-electron chi connectivity index (χ1n) is 6.90. The van der Waals surface area contributed by atoms with E-state index in [4.69, 9.17) is 11.6 Å². The molecule has 0 spiro atoms. The molecule has 0 aliphatic carbocycles. The molecule has 3 heteroatoms. The number of benzene rings is 2. The van der Waals surface area contributed by atoms with Gasteiger partial charge in [0, 0.05) is 10.7 Å². The molecule has 0 bridgehead atoms. The van der Waals surface area contributed by atoms with Gasteiger partial charge in [-0.05, 0) is 49.1 Å². The number of aliphatic hydroxyl groups is 1. The molecule has 0 radical (unpaired) electrons. The molecule has 0 saturated heterocycles. The molecule has 2 nitrogen and oxygen atoms in total. The maximum absolute atomic E-state index is 10.9. The third-order valence-corrected chi connectivity index (χ3v) is 4.37. The summed E-state index contributed by atoms with van der Waals surface area (Å²) in [6, 6.07) is 15.7. The first-order chi connectivity index (χ1) is 9.57. The van der Waals surface area contributed by atoms with Crippen LogP contribution in [-0.2, 0) is 12.0 Å². The molecule has 104 valence electrons. The van der Waals surface area contributed by atoms with E-state index in [0.717, 1.165) is 24.1 Å². The Bertz CT molecular complexity index is 624. The van der Waals surface area contributed by atoms with E-state index < -0.39 is 5.60 Å². The van der Waals surface area contributed by atoms with Crippen LogP contribution < -0.4 is 5.32 Å². The highest BCUT2D eigenvalue weighted by atomic mass is 35.5. The van der Waals surface area contributed by atoms with Gasteiger partial charge in [-0.25, -0.2) is 0 Å². The Balaban J connectivity index is 1.90. The Morgan fingerprint density at radius 3 is 2.80 bits per heavy atom. The lowest BCUT2D eigenvalue weighted by Gasteiger charge is -2.38. The predicted octanol–water partition coefficient (Wildman–Crippen LogP) is 3.97. The quantitative estimate of drug-likeness (QED) is 0.876. The Kier molecular flexibility index (Phi) is 3.45. The summed E-state index contributed by atoms with van der Waals surface area (Å²) in [5, 5.41) is 15.1. The predicted molar refractivity (Wildman–Crippen MR) is 83.2 cm³/mol. The number of para-hydroxylation sites is 1. The highest BCUT2D eigenvalue weighted by molar-refractivity contribution is 6.30. The van der Waals surface area contributed by atoms with E-state index in [9.17, 15) is 5.11 Å². The number of halogens is 1. The first-order valence-corrected chi connectivity index (χ1v) is 7.28. The van der Waals surface area contributed by atoms with Gasteiger partial charge in [0.05, 0.1) is 6.04 Å². The van der Waals surface area contributed by atoms with Crippen LogP contribution in [-0.4, -0.2) is 11.1 Å². The molecular formula is C17H18ClNO. The summed E-state index contributed by atoms with van der Waals surface area (Å²) >= 11 is 6.04. The molecule has 2 atom stereocenters. The standard InChI is InChI=1S/C17H18ClNO/c1-17(20,13-6-4-7-14(18)11-13)16-10-9-12-5-2-3-8-15(12)19-16/h2-8,11,16,19-20H,9-10H2,1H3. The van der Waals surface area contributed by atoms with Crippen molar-refractivity contribution in [1.82, 2.24) is 0 Å². The zero-order valence-electron chi connectivity index (χ0n) is 11.4. The average Bonchev–Trinajstić information content (AvgIpc) is 2.46. The Morgan fingerprint density at radius 2 is 2.00 bits per heavy atom. The van der Waals surface area contributed by atoms with E-state index in [-0.39, 0.29) is 6.04 Å². The summed E-state index contributed by atoms with van der Waals surface area (Å²) in [5.41, 5.74) is 2.33. The van der Waals surface area contributed by atoms with Crippen molar-refractivity contribution in [3.05, 3.63) is 64.7 Å². The zero-order valence-corrected chi connectivity index (χ0v) is 12.2. The van der Waals surface area contributed by atoms with Crippen molar-refractivity contribution in [3.8, 4) is 0 Å². The van der Waals surface area contributed by atoms with E-state index in [0.29, 0.717) is 5.02 Å². The monoisotopic (exact) mass is 287 g/mol. The molecule has 1 aliphatic rings. The number of nitrogens with one attached hydrogen (secondary N) is 1. The topological polar surface area (TPSA) is 32.3 Å². The van der Waals surface area contributed by atoms with Gasteiger partial charge in [-0.1, -0.05) is 41.9 Å². The third-order valence-electron chi connectivity index (χ3n) is 4.14. The van der Waals surface area contributed by atoms with Crippen molar-refractivity contribution >= 4 is 17.3 Å². The van der Waals surface area contributed by atoms with E-state index in [1.807, 2.05) is 37.3 Å². The Morgan fingerprint density at radius 1 is 1.20 bits per heavy atom. The van der Waals surface area contributed by atoms with Gasteiger partial charge < -0.3 is 10.4 Å². The largest absolute Gasteiger partial charge is 0.383 e. The van der Waals surface area contributed by atoms with E-state index in [1.165, 1.54) is 5.56 Å². The fourth-order valence-electron chi connectivity index (χ4n) is 2.86. The molecular weight excluding hydrogens is 270 g/mol. The van der Waals surface area contributed by atoms with Gasteiger partial charge in [0.1, 0.15) is 5.60 Å². The summed E-state index contributed by atoms with van der Waals surface area (Å²) in [5.74, 6) is 0. The van der Waals surface area contributed by atoms with Crippen molar-refractivity contribution < 1.29 is 5.11 Å². The molecule has 2 N–H and O–H groups in total. The van der Waals surface area contributed by atoms with Gasteiger partial charge in [0.15, 0.2) is 0 Å². The second kappa shape index (κ2) is 5.12. The van der Waals surface area contributed by atoms with Crippen LogP contribution in [0.3, 0.4) is 0 Å². The fourth-order valence-corrected chi connectivity index (χ4v) is 3.06. The van der Waals surface area contributed by atoms with Crippen LogP contribution in [0.25, 0.3) is 0 Å². The minimum atomic E-state index is -0.946. The lowest BCUT2D eigenvalue weighted by Crippen LogP contribution is -2.44. The second-order valence-corrected chi connectivity index (χ2v) is 5.99. The van der Waals surface area contributed by atoms with Gasteiger partial charge in [-0.3, -0.25) is 0 Å². The minimum absolute atomic E-state index is 0.0177. The molecule has 2 aromatic carbocycles. The summed E-state index contributed by atoms with van der Waals surface area (Å²) in [6.07, 6.45) is 1.88. The molecule has 2 aromatic rings. The zero-order chi connectivity index (χ0) is 14.2. The maximum Gasteiger partial charge on any atom is 0.107 e. The van der Waals surface area contributed by atoms with Gasteiger partial charge in [-0.15, -0.1) is 0 Å². The Labute approximate surface area is 124 Å². The van der Waals surface area contributed by atoms with Crippen LogP contribution in [0.5, 0.6) is 0 Å². The minimum Gasteiger partial charge on any atom is -0.383 e. The van der Waals surface area contributed by atoms with Crippen LogP contribution in [0.15, 0.2) is 48.5 Å². The number of hydrogen-bond donors (Lipinski definition) is 2. The molecule has 0 saturated carbocycles. The first kappa shape index (κ1) is 13.5. The number of hydrogen-bond acceptors (Lipinski definition) is 2. The summed E-state index contributed by atoms with van der Waals surface area (Å²) in [7, 11) is 0. The summed E-state index contributed by atoms with van der Waals surface area (Å²) < 4.78 is 0. The lowest BCUT2D eigenvalue weighted by atomic mass is 9.82. The van der Waals surface area contributed by atoms with Gasteiger partial charge >= 0.3 is 0 Å². The number of fused-ring (bicyclic) bond motifs is 1. The van der Waals surface area contributed by atoms with Crippen LogP contribution >= 0.6 is 11.6 Å². The van der Waals surface area contributed by atoms with Crippen LogP contribution in [0, 0.1) is 0 Å². The van der Waals surface area contributed by atoms with Crippen LogP contribution in [0.2, 0.25) is 5.02 Å². The van der Waals surface area contributed by atoms with Gasteiger partial charge in [0.25, 0.3) is 0 Å². The van der Waals surface area contributed by atoms with Crippen molar-refractivity contribution in [2.45, 2.75) is 31.4 Å². The molecule has 1 heterocycles. The Hall–Kier alpha value is -1.51. The van der Waals surface area contributed by atoms with Crippen molar-refractivity contribution in [2.75, 3.05) is 5.32 Å². The molecule has 1 aliphatic heterocycles. The number of anilines is 1. The van der Waals surface area contributed by atoms with Crippen LogP contribution in [0.4, 0.5) is 5.69 Å². The summed E-state index contributed by atoms with van der Waals surface area (Å²) in [4.78, 5) is 0. The van der Waals surface area contributed by atoms with E-state index in [2.05, 4.69) is 23.5 Å². The number of rotatable bonds is 2. The molecule has 2 unspecified atom stereocenters. The molecule has 0 fully saturated rings. The third kappa shape index (κ3) is 2.41. The second-order valence-electron chi connectivity index (χ2n) is 5.55. The SMILES string of the molecule is CC(O)(c1cccc(Cl)c1)C1CCc2ccccc2N1. The average molecular weight is 288 g/mol. The van der Waals surface area contributed by atoms with E-state index >= 15 is 0 Å². The summed E-state index contributed by atoms with van der Waals surface area (Å²) in [6.45, 7) is 1.85. The lowest BCUT2D eigenvalue weighted by molar-refractivity contribution is 0.0322. The van der Waals surface area contributed by atoms with Gasteiger partial charge in [-0.2, -0.15) is 0 Å². The van der Waals surface area contributed by atoms with Crippen molar-refractivity contribution in [3.63, 3.8) is 0 Å². The molecule has 20 heavy (non-hydrogen) atoms. The normalized spacial score (nSPS) is 20.6. The van der Waals surface area contributed by atoms with Crippen LogP contribution in [0.1, 0.15) is 24.5 Å². The van der Waals surface area contributed by atoms with Crippen molar-refractivity contribution in [1.29, 1.82) is 0 Å². The smallest absolute Gasteiger partial charge is 0.107 e. The molecule has 0 amide bonds.